The molecule has 2 rings (SSSR count). The lowest BCUT2D eigenvalue weighted by atomic mass is 10.2. The standard InChI is InChI=1S/C12H11F2NS/c13-11-1-2-12(14)10(5-11)7-15-6-9-3-4-16-8-9/h1-5,8,15H,6-7H2. The topological polar surface area (TPSA) is 12.0 Å². The molecule has 1 nitrogen and oxygen atoms in total. The van der Waals surface area contributed by atoms with Gasteiger partial charge in [-0.2, -0.15) is 11.3 Å². The molecule has 0 amide bonds. The van der Waals surface area contributed by atoms with Crippen LogP contribution in [0.4, 0.5) is 8.78 Å². The van der Waals surface area contributed by atoms with Crippen molar-refractivity contribution in [3.8, 4) is 0 Å². The summed E-state index contributed by atoms with van der Waals surface area (Å²) in [6.07, 6.45) is 0. The molecule has 0 saturated heterocycles. The average Bonchev–Trinajstić information content (AvgIpc) is 2.76. The molecule has 2 aromatic rings. The molecule has 4 heteroatoms. The fraction of sp³-hybridized carbons (Fsp3) is 0.167. The summed E-state index contributed by atoms with van der Waals surface area (Å²) >= 11 is 1.62. The summed E-state index contributed by atoms with van der Waals surface area (Å²) in [5.74, 6) is -0.784. The molecule has 0 fully saturated rings. The van der Waals surface area contributed by atoms with Gasteiger partial charge < -0.3 is 5.32 Å². The van der Waals surface area contributed by atoms with Gasteiger partial charge in [-0.15, -0.1) is 0 Å². The first-order valence-corrected chi connectivity index (χ1v) is 5.86. The lowest BCUT2D eigenvalue weighted by Crippen LogP contribution is -2.13. The van der Waals surface area contributed by atoms with Crippen LogP contribution in [-0.2, 0) is 13.1 Å². The van der Waals surface area contributed by atoms with Crippen LogP contribution in [0.1, 0.15) is 11.1 Å². The second kappa shape index (κ2) is 5.18. The second-order valence-corrected chi connectivity index (χ2v) is 4.25. The van der Waals surface area contributed by atoms with Crippen LogP contribution in [0.2, 0.25) is 0 Å². The maximum Gasteiger partial charge on any atom is 0.127 e. The van der Waals surface area contributed by atoms with Gasteiger partial charge in [0.25, 0.3) is 0 Å². The van der Waals surface area contributed by atoms with E-state index in [0.29, 0.717) is 18.7 Å². The van der Waals surface area contributed by atoms with Crippen molar-refractivity contribution < 1.29 is 8.78 Å². The number of benzene rings is 1. The Kier molecular flexibility index (Phi) is 3.64. The quantitative estimate of drug-likeness (QED) is 0.863. The molecule has 0 spiro atoms. The molecule has 0 saturated carbocycles. The van der Waals surface area contributed by atoms with Gasteiger partial charge in [0.15, 0.2) is 0 Å². The van der Waals surface area contributed by atoms with Gasteiger partial charge in [0.1, 0.15) is 11.6 Å². The largest absolute Gasteiger partial charge is 0.308 e. The number of nitrogens with one attached hydrogen (secondary N) is 1. The van der Waals surface area contributed by atoms with Crippen LogP contribution in [0.15, 0.2) is 35.0 Å². The highest BCUT2D eigenvalue weighted by Gasteiger charge is 2.03. The zero-order chi connectivity index (χ0) is 11.4. The van der Waals surface area contributed by atoms with Crippen molar-refractivity contribution in [2.45, 2.75) is 13.1 Å². The Morgan fingerprint density at radius 2 is 2.00 bits per heavy atom. The molecule has 0 bridgehead atoms. The van der Waals surface area contributed by atoms with E-state index in [1.165, 1.54) is 6.07 Å². The minimum Gasteiger partial charge on any atom is -0.308 e. The number of rotatable bonds is 4. The Hall–Kier alpha value is -1.26. The molecule has 0 radical (unpaired) electrons. The Labute approximate surface area is 96.7 Å². The molecule has 0 aliphatic rings. The van der Waals surface area contributed by atoms with Crippen molar-refractivity contribution in [1.29, 1.82) is 0 Å². The fourth-order valence-corrected chi connectivity index (χ4v) is 2.08. The fourth-order valence-electron chi connectivity index (χ4n) is 1.41. The van der Waals surface area contributed by atoms with E-state index < -0.39 is 5.82 Å². The molecule has 0 atom stereocenters. The number of thiophene rings is 1. The lowest BCUT2D eigenvalue weighted by Gasteiger charge is -2.05. The Morgan fingerprint density at radius 1 is 1.12 bits per heavy atom. The zero-order valence-corrected chi connectivity index (χ0v) is 9.36. The van der Waals surface area contributed by atoms with Crippen molar-refractivity contribution in [3.63, 3.8) is 0 Å². The maximum absolute atomic E-state index is 13.2. The van der Waals surface area contributed by atoms with Crippen LogP contribution in [0, 0.1) is 11.6 Å². The van der Waals surface area contributed by atoms with E-state index in [2.05, 4.69) is 5.32 Å². The minimum absolute atomic E-state index is 0.333. The van der Waals surface area contributed by atoms with Crippen LogP contribution < -0.4 is 5.32 Å². The van der Waals surface area contributed by atoms with Crippen LogP contribution in [0.5, 0.6) is 0 Å². The Balaban J connectivity index is 1.92. The highest BCUT2D eigenvalue weighted by molar-refractivity contribution is 7.07. The number of hydrogen-bond donors (Lipinski definition) is 1. The van der Waals surface area contributed by atoms with Gasteiger partial charge in [0.2, 0.25) is 0 Å². The van der Waals surface area contributed by atoms with Crippen molar-refractivity contribution >= 4 is 11.3 Å². The number of hydrogen-bond acceptors (Lipinski definition) is 2. The smallest absolute Gasteiger partial charge is 0.127 e. The van der Waals surface area contributed by atoms with E-state index in [1.54, 1.807) is 11.3 Å². The highest BCUT2D eigenvalue weighted by Crippen LogP contribution is 2.10. The van der Waals surface area contributed by atoms with E-state index in [1.807, 2.05) is 16.8 Å². The summed E-state index contributed by atoms with van der Waals surface area (Å²) in [5, 5.41) is 7.08. The highest BCUT2D eigenvalue weighted by atomic mass is 32.1. The van der Waals surface area contributed by atoms with E-state index >= 15 is 0 Å². The van der Waals surface area contributed by atoms with Crippen molar-refractivity contribution in [2.75, 3.05) is 0 Å². The maximum atomic E-state index is 13.2. The summed E-state index contributed by atoms with van der Waals surface area (Å²) in [6, 6.07) is 5.49. The third kappa shape index (κ3) is 2.87. The van der Waals surface area contributed by atoms with Crippen LogP contribution in [0.25, 0.3) is 0 Å². The molecule has 84 valence electrons. The molecular formula is C12H11F2NS. The average molecular weight is 239 g/mol. The Morgan fingerprint density at radius 3 is 2.75 bits per heavy atom. The molecule has 1 aromatic carbocycles. The minimum atomic E-state index is -0.409. The van der Waals surface area contributed by atoms with E-state index in [-0.39, 0.29) is 5.82 Å². The number of halogens is 2. The molecule has 1 aromatic heterocycles. The van der Waals surface area contributed by atoms with E-state index in [9.17, 15) is 8.78 Å². The van der Waals surface area contributed by atoms with Crippen molar-refractivity contribution in [2.24, 2.45) is 0 Å². The van der Waals surface area contributed by atoms with Crippen LogP contribution >= 0.6 is 11.3 Å². The third-order valence-electron chi connectivity index (χ3n) is 2.23. The van der Waals surface area contributed by atoms with Crippen LogP contribution in [-0.4, -0.2) is 0 Å². The molecule has 0 aliphatic heterocycles. The molecule has 1 N–H and O–H groups in total. The molecule has 0 aliphatic carbocycles. The van der Waals surface area contributed by atoms with Gasteiger partial charge >= 0.3 is 0 Å². The molecule has 0 unspecified atom stereocenters. The van der Waals surface area contributed by atoms with Gasteiger partial charge in [0, 0.05) is 18.7 Å². The summed E-state index contributed by atoms with van der Waals surface area (Å²) in [5.41, 5.74) is 1.51. The molecular weight excluding hydrogens is 228 g/mol. The van der Waals surface area contributed by atoms with Gasteiger partial charge in [0.05, 0.1) is 0 Å². The summed E-state index contributed by atoms with van der Waals surface area (Å²) in [7, 11) is 0. The summed E-state index contributed by atoms with van der Waals surface area (Å²) < 4.78 is 26.1. The molecule has 16 heavy (non-hydrogen) atoms. The zero-order valence-electron chi connectivity index (χ0n) is 8.54. The van der Waals surface area contributed by atoms with Gasteiger partial charge in [-0.3, -0.25) is 0 Å². The summed E-state index contributed by atoms with van der Waals surface area (Å²) in [4.78, 5) is 0. The van der Waals surface area contributed by atoms with Gasteiger partial charge in [-0.05, 0) is 40.6 Å². The van der Waals surface area contributed by atoms with E-state index in [4.69, 9.17) is 0 Å². The molecule has 1 heterocycles. The first-order valence-electron chi connectivity index (χ1n) is 4.91. The third-order valence-corrected chi connectivity index (χ3v) is 2.96. The second-order valence-electron chi connectivity index (χ2n) is 3.47. The normalized spacial score (nSPS) is 10.6. The first kappa shape index (κ1) is 11.2. The lowest BCUT2D eigenvalue weighted by molar-refractivity contribution is 0.569. The SMILES string of the molecule is Fc1ccc(F)c(CNCc2ccsc2)c1. The predicted octanol–water partition coefficient (Wildman–Crippen LogP) is 3.32. The summed E-state index contributed by atoms with van der Waals surface area (Å²) in [6.45, 7) is 0.999. The van der Waals surface area contributed by atoms with Crippen molar-refractivity contribution in [3.05, 3.63) is 57.8 Å². The van der Waals surface area contributed by atoms with Crippen LogP contribution in [0.3, 0.4) is 0 Å². The monoisotopic (exact) mass is 239 g/mol. The predicted molar refractivity (Wildman–Crippen MR) is 61.2 cm³/mol. The van der Waals surface area contributed by atoms with Crippen molar-refractivity contribution in [1.82, 2.24) is 5.32 Å². The first-order chi connectivity index (χ1) is 7.75. The van der Waals surface area contributed by atoms with Gasteiger partial charge in [-0.1, -0.05) is 0 Å². The van der Waals surface area contributed by atoms with E-state index in [0.717, 1.165) is 17.7 Å². The Bertz CT molecular complexity index is 454. The van der Waals surface area contributed by atoms with Gasteiger partial charge in [-0.25, -0.2) is 8.78 Å².